The quantitative estimate of drug-likeness (QED) is 0.863. The second-order valence-corrected chi connectivity index (χ2v) is 5.08. The van der Waals surface area contributed by atoms with Crippen molar-refractivity contribution >= 4 is 17.3 Å². The Labute approximate surface area is 117 Å². The smallest absolute Gasteiger partial charge is 0.222 e. The third kappa shape index (κ3) is 3.35. The SMILES string of the molecule is Cc1cc(Oc2cc(Cl)ccc2N)nc(C(C)C)n1. The van der Waals surface area contributed by atoms with E-state index in [2.05, 4.69) is 9.97 Å². The van der Waals surface area contributed by atoms with Crippen molar-refractivity contribution in [3.05, 3.63) is 40.8 Å². The molecule has 100 valence electrons. The van der Waals surface area contributed by atoms with E-state index in [1.54, 1.807) is 24.3 Å². The molecule has 0 bridgehead atoms. The number of aromatic nitrogens is 2. The van der Waals surface area contributed by atoms with Crippen molar-refractivity contribution < 1.29 is 4.74 Å². The monoisotopic (exact) mass is 277 g/mol. The molecule has 0 aliphatic heterocycles. The van der Waals surface area contributed by atoms with E-state index in [4.69, 9.17) is 22.1 Å². The van der Waals surface area contributed by atoms with Crippen LogP contribution in [-0.2, 0) is 0 Å². The number of benzene rings is 1. The Bertz CT molecular complexity index is 599. The van der Waals surface area contributed by atoms with Crippen LogP contribution in [-0.4, -0.2) is 9.97 Å². The van der Waals surface area contributed by atoms with Gasteiger partial charge in [0, 0.05) is 28.8 Å². The summed E-state index contributed by atoms with van der Waals surface area (Å²) in [6, 6.07) is 6.86. The van der Waals surface area contributed by atoms with Gasteiger partial charge in [-0.05, 0) is 19.1 Å². The fraction of sp³-hybridized carbons (Fsp3) is 0.286. The van der Waals surface area contributed by atoms with E-state index >= 15 is 0 Å². The number of hydrogen-bond acceptors (Lipinski definition) is 4. The van der Waals surface area contributed by atoms with E-state index in [-0.39, 0.29) is 5.92 Å². The number of nitrogen functional groups attached to an aromatic ring is 1. The van der Waals surface area contributed by atoms with Crippen molar-refractivity contribution in [1.29, 1.82) is 0 Å². The van der Waals surface area contributed by atoms with Crippen molar-refractivity contribution in [2.24, 2.45) is 0 Å². The Kier molecular flexibility index (Phi) is 3.90. The highest BCUT2D eigenvalue weighted by atomic mass is 35.5. The van der Waals surface area contributed by atoms with Crippen LogP contribution in [0.1, 0.15) is 31.3 Å². The molecular weight excluding hydrogens is 262 g/mol. The summed E-state index contributed by atoms with van der Waals surface area (Å²) in [6.07, 6.45) is 0. The highest BCUT2D eigenvalue weighted by Crippen LogP contribution is 2.29. The number of anilines is 1. The summed E-state index contributed by atoms with van der Waals surface area (Å²) in [6.45, 7) is 5.97. The van der Waals surface area contributed by atoms with Crippen LogP contribution in [0.2, 0.25) is 5.02 Å². The molecule has 0 aliphatic rings. The van der Waals surface area contributed by atoms with Gasteiger partial charge in [0.1, 0.15) is 5.82 Å². The second-order valence-electron chi connectivity index (χ2n) is 4.64. The summed E-state index contributed by atoms with van der Waals surface area (Å²) < 4.78 is 5.70. The van der Waals surface area contributed by atoms with E-state index < -0.39 is 0 Å². The minimum absolute atomic E-state index is 0.235. The highest BCUT2D eigenvalue weighted by Gasteiger charge is 2.09. The summed E-state index contributed by atoms with van der Waals surface area (Å²) >= 11 is 5.93. The Balaban J connectivity index is 2.35. The van der Waals surface area contributed by atoms with Gasteiger partial charge in [0.25, 0.3) is 0 Å². The molecule has 0 unspecified atom stereocenters. The molecule has 0 saturated carbocycles. The van der Waals surface area contributed by atoms with Crippen LogP contribution in [0.25, 0.3) is 0 Å². The summed E-state index contributed by atoms with van der Waals surface area (Å²) in [7, 11) is 0. The zero-order valence-corrected chi connectivity index (χ0v) is 11.9. The van der Waals surface area contributed by atoms with Gasteiger partial charge in [-0.2, -0.15) is 4.98 Å². The number of rotatable bonds is 3. The lowest BCUT2D eigenvalue weighted by atomic mass is 10.2. The number of ether oxygens (including phenoxy) is 1. The number of hydrogen-bond donors (Lipinski definition) is 1. The predicted octanol–water partition coefficient (Wildman–Crippen LogP) is 3.94. The molecule has 0 spiro atoms. The Morgan fingerprint density at radius 3 is 2.63 bits per heavy atom. The first kappa shape index (κ1) is 13.6. The van der Waals surface area contributed by atoms with Crippen LogP contribution in [0.15, 0.2) is 24.3 Å². The van der Waals surface area contributed by atoms with Crippen molar-refractivity contribution in [3.63, 3.8) is 0 Å². The Morgan fingerprint density at radius 2 is 1.95 bits per heavy atom. The molecular formula is C14H16ClN3O. The van der Waals surface area contributed by atoms with E-state index in [9.17, 15) is 0 Å². The van der Waals surface area contributed by atoms with Crippen LogP contribution in [0, 0.1) is 6.92 Å². The number of halogens is 1. The molecule has 0 atom stereocenters. The fourth-order valence-electron chi connectivity index (χ4n) is 1.58. The van der Waals surface area contributed by atoms with Crippen LogP contribution in [0.5, 0.6) is 11.6 Å². The minimum Gasteiger partial charge on any atom is -0.437 e. The maximum atomic E-state index is 5.93. The average molecular weight is 278 g/mol. The number of aryl methyl sites for hydroxylation is 1. The van der Waals surface area contributed by atoms with E-state index in [1.807, 2.05) is 20.8 Å². The van der Waals surface area contributed by atoms with E-state index in [1.165, 1.54) is 0 Å². The van der Waals surface area contributed by atoms with E-state index in [0.29, 0.717) is 22.3 Å². The van der Waals surface area contributed by atoms with Gasteiger partial charge in [-0.3, -0.25) is 0 Å². The van der Waals surface area contributed by atoms with Gasteiger partial charge in [-0.25, -0.2) is 4.98 Å². The van der Waals surface area contributed by atoms with Crippen molar-refractivity contribution in [3.8, 4) is 11.6 Å². The molecule has 2 N–H and O–H groups in total. The number of nitrogens with two attached hydrogens (primary N) is 1. The molecule has 2 aromatic rings. The van der Waals surface area contributed by atoms with E-state index in [0.717, 1.165) is 11.5 Å². The number of nitrogens with zero attached hydrogens (tertiary/aromatic N) is 2. The third-order valence-electron chi connectivity index (χ3n) is 2.55. The van der Waals surface area contributed by atoms with Gasteiger partial charge in [0.05, 0.1) is 5.69 Å². The molecule has 19 heavy (non-hydrogen) atoms. The molecule has 5 heteroatoms. The summed E-state index contributed by atoms with van der Waals surface area (Å²) in [5.74, 6) is 1.96. The first-order chi connectivity index (χ1) is 8.95. The maximum absolute atomic E-state index is 5.93. The average Bonchev–Trinajstić information content (AvgIpc) is 2.33. The van der Waals surface area contributed by atoms with Gasteiger partial charge < -0.3 is 10.5 Å². The molecule has 2 rings (SSSR count). The lowest BCUT2D eigenvalue weighted by molar-refractivity contribution is 0.458. The third-order valence-corrected chi connectivity index (χ3v) is 2.79. The Morgan fingerprint density at radius 1 is 1.21 bits per heavy atom. The summed E-state index contributed by atoms with van der Waals surface area (Å²) in [5.41, 5.74) is 7.22. The van der Waals surface area contributed by atoms with Crippen LogP contribution >= 0.6 is 11.6 Å². The van der Waals surface area contributed by atoms with Gasteiger partial charge in [0.2, 0.25) is 5.88 Å². The zero-order valence-electron chi connectivity index (χ0n) is 11.1. The minimum atomic E-state index is 0.235. The molecule has 4 nitrogen and oxygen atoms in total. The van der Waals surface area contributed by atoms with Crippen LogP contribution in [0.3, 0.4) is 0 Å². The van der Waals surface area contributed by atoms with Gasteiger partial charge in [-0.1, -0.05) is 25.4 Å². The normalized spacial score (nSPS) is 10.8. The van der Waals surface area contributed by atoms with Gasteiger partial charge in [0.15, 0.2) is 5.75 Å². The lowest BCUT2D eigenvalue weighted by Gasteiger charge is -2.11. The molecule has 1 heterocycles. The second kappa shape index (κ2) is 5.45. The molecule has 1 aromatic heterocycles. The zero-order chi connectivity index (χ0) is 14.0. The molecule has 0 amide bonds. The standard InChI is InChI=1S/C14H16ClN3O/c1-8(2)14-17-9(3)6-13(18-14)19-12-7-10(15)4-5-11(12)16/h4-8H,16H2,1-3H3. The molecule has 0 fully saturated rings. The molecule has 0 saturated heterocycles. The van der Waals surface area contributed by atoms with Crippen LogP contribution in [0.4, 0.5) is 5.69 Å². The first-order valence-electron chi connectivity index (χ1n) is 6.04. The van der Waals surface area contributed by atoms with Crippen molar-refractivity contribution in [2.75, 3.05) is 5.73 Å². The summed E-state index contributed by atoms with van der Waals surface area (Å²) in [4.78, 5) is 8.73. The topological polar surface area (TPSA) is 61.0 Å². The van der Waals surface area contributed by atoms with Gasteiger partial charge >= 0.3 is 0 Å². The van der Waals surface area contributed by atoms with Crippen molar-refractivity contribution in [2.45, 2.75) is 26.7 Å². The van der Waals surface area contributed by atoms with Crippen molar-refractivity contribution in [1.82, 2.24) is 9.97 Å². The fourth-order valence-corrected chi connectivity index (χ4v) is 1.74. The molecule has 0 radical (unpaired) electrons. The lowest BCUT2D eigenvalue weighted by Crippen LogP contribution is -2.02. The maximum Gasteiger partial charge on any atom is 0.222 e. The summed E-state index contributed by atoms with van der Waals surface area (Å²) in [5, 5.41) is 0.569. The largest absolute Gasteiger partial charge is 0.437 e. The highest BCUT2D eigenvalue weighted by molar-refractivity contribution is 6.30. The predicted molar refractivity (Wildman–Crippen MR) is 76.8 cm³/mol. The van der Waals surface area contributed by atoms with Gasteiger partial charge in [-0.15, -0.1) is 0 Å². The molecule has 1 aromatic carbocycles. The molecule has 0 aliphatic carbocycles. The Hall–Kier alpha value is -1.81. The van der Waals surface area contributed by atoms with Crippen LogP contribution < -0.4 is 10.5 Å². The first-order valence-corrected chi connectivity index (χ1v) is 6.42.